The minimum Gasteiger partial charge on any atom is -0.367 e. The summed E-state index contributed by atoms with van der Waals surface area (Å²) in [5, 5.41) is 4.87. The molecular formula is C19H21N3S. The number of thiophene rings is 1. The molecule has 2 heterocycles. The van der Waals surface area contributed by atoms with Crippen molar-refractivity contribution in [2.24, 2.45) is 0 Å². The standard InChI is InChI=1S/C19H21N3S/c1-13-12-16-18(20-15-10-6-3-7-11-15)21-17(22-19(16)23-13)14-8-4-2-5-9-14/h2,4-5,8-9,12,15H,3,6-7,10-11H2,1H3,(H,20,21,22). The molecule has 23 heavy (non-hydrogen) atoms. The Morgan fingerprint density at radius 3 is 2.61 bits per heavy atom. The first kappa shape index (κ1) is 14.6. The summed E-state index contributed by atoms with van der Waals surface area (Å²) < 4.78 is 0. The molecule has 4 rings (SSSR count). The molecule has 1 saturated carbocycles. The van der Waals surface area contributed by atoms with Crippen molar-refractivity contribution < 1.29 is 0 Å². The van der Waals surface area contributed by atoms with Gasteiger partial charge in [-0.25, -0.2) is 9.97 Å². The van der Waals surface area contributed by atoms with E-state index in [9.17, 15) is 0 Å². The molecule has 3 nitrogen and oxygen atoms in total. The van der Waals surface area contributed by atoms with Crippen molar-refractivity contribution in [3.8, 4) is 11.4 Å². The van der Waals surface area contributed by atoms with Crippen LogP contribution in [0.15, 0.2) is 36.4 Å². The molecule has 1 N–H and O–H groups in total. The van der Waals surface area contributed by atoms with Crippen LogP contribution in [0.2, 0.25) is 0 Å². The lowest BCUT2D eigenvalue weighted by atomic mass is 9.95. The van der Waals surface area contributed by atoms with Crippen molar-refractivity contribution in [1.29, 1.82) is 0 Å². The van der Waals surface area contributed by atoms with Gasteiger partial charge in [-0.15, -0.1) is 11.3 Å². The highest BCUT2D eigenvalue weighted by Gasteiger charge is 2.17. The number of hydrogen-bond acceptors (Lipinski definition) is 4. The van der Waals surface area contributed by atoms with E-state index in [1.807, 2.05) is 18.2 Å². The molecule has 0 atom stereocenters. The van der Waals surface area contributed by atoms with Crippen molar-refractivity contribution in [1.82, 2.24) is 9.97 Å². The zero-order valence-electron chi connectivity index (χ0n) is 13.4. The Morgan fingerprint density at radius 2 is 1.83 bits per heavy atom. The number of fused-ring (bicyclic) bond motifs is 1. The van der Waals surface area contributed by atoms with Gasteiger partial charge in [0.05, 0.1) is 5.39 Å². The van der Waals surface area contributed by atoms with Gasteiger partial charge in [-0.1, -0.05) is 49.6 Å². The number of benzene rings is 1. The third-order valence-corrected chi connectivity index (χ3v) is 5.44. The topological polar surface area (TPSA) is 37.8 Å². The zero-order valence-corrected chi connectivity index (χ0v) is 14.2. The maximum atomic E-state index is 4.86. The zero-order chi connectivity index (χ0) is 15.6. The number of aromatic nitrogens is 2. The summed E-state index contributed by atoms with van der Waals surface area (Å²) in [5.41, 5.74) is 1.08. The Hall–Kier alpha value is -1.94. The molecule has 4 heteroatoms. The maximum absolute atomic E-state index is 4.86. The van der Waals surface area contributed by atoms with E-state index in [-0.39, 0.29) is 0 Å². The molecule has 0 spiro atoms. The van der Waals surface area contributed by atoms with Crippen molar-refractivity contribution >= 4 is 27.4 Å². The monoisotopic (exact) mass is 323 g/mol. The van der Waals surface area contributed by atoms with E-state index in [1.165, 1.54) is 37.0 Å². The lowest BCUT2D eigenvalue weighted by Crippen LogP contribution is -2.23. The highest BCUT2D eigenvalue weighted by Crippen LogP contribution is 2.32. The first-order valence-electron chi connectivity index (χ1n) is 8.40. The van der Waals surface area contributed by atoms with Crippen LogP contribution >= 0.6 is 11.3 Å². The Labute approximate surface area is 140 Å². The minimum atomic E-state index is 0.547. The van der Waals surface area contributed by atoms with E-state index in [4.69, 9.17) is 9.97 Å². The first-order chi connectivity index (χ1) is 11.3. The normalized spacial score (nSPS) is 15.9. The third kappa shape index (κ3) is 3.08. The van der Waals surface area contributed by atoms with Gasteiger partial charge in [0.1, 0.15) is 10.6 Å². The molecule has 0 amide bonds. The van der Waals surface area contributed by atoms with Gasteiger partial charge in [0.2, 0.25) is 0 Å². The van der Waals surface area contributed by atoms with E-state index in [0.717, 1.165) is 27.4 Å². The second kappa shape index (κ2) is 6.28. The Kier molecular flexibility index (Phi) is 4.00. The van der Waals surface area contributed by atoms with Gasteiger partial charge < -0.3 is 5.32 Å². The molecule has 1 fully saturated rings. The summed E-state index contributed by atoms with van der Waals surface area (Å²) >= 11 is 1.75. The van der Waals surface area contributed by atoms with Gasteiger partial charge in [0, 0.05) is 16.5 Å². The molecule has 2 aromatic heterocycles. The molecule has 0 unspecified atom stereocenters. The van der Waals surface area contributed by atoms with Crippen LogP contribution in [0, 0.1) is 6.92 Å². The molecule has 1 aliphatic rings. The third-order valence-electron chi connectivity index (χ3n) is 4.49. The van der Waals surface area contributed by atoms with Crippen LogP contribution in [0.3, 0.4) is 0 Å². The fraction of sp³-hybridized carbons (Fsp3) is 0.368. The summed E-state index contributed by atoms with van der Waals surface area (Å²) in [4.78, 5) is 12.0. The van der Waals surface area contributed by atoms with E-state index in [2.05, 4.69) is 30.4 Å². The number of nitrogens with one attached hydrogen (secondary N) is 1. The smallest absolute Gasteiger partial charge is 0.163 e. The summed E-state index contributed by atoms with van der Waals surface area (Å²) in [6.07, 6.45) is 6.50. The van der Waals surface area contributed by atoms with Crippen molar-refractivity contribution in [2.75, 3.05) is 5.32 Å². The largest absolute Gasteiger partial charge is 0.367 e. The molecule has 3 aromatic rings. The molecule has 1 aromatic carbocycles. The highest BCUT2D eigenvalue weighted by molar-refractivity contribution is 7.18. The lowest BCUT2D eigenvalue weighted by molar-refractivity contribution is 0.462. The summed E-state index contributed by atoms with van der Waals surface area (Å²) in [7, 11) is 0. The van der Waals surface area contributed by atoms with Crippen LogP contribution in [-0.2, 0) is 0 Å². The Morgan fingerprint density at radius 1 is 1.04 bits per heavy atom. The summed E-state index contributed by atoms with van der Waals surface area (Å²) in [6, 6.07) is 13.0. The van der Waals surface area contributed by atoms with Crippen molar-refractivity contribution in [3.63, 3.8) is 0 Å². The van der Waals surface area contributed by atoms with Gasteiger partial charge in [-0.2, -0.15) is 0 Å². The van der Waals surface area contributed by atoms with Gasteiger partial charge in [0.15, 0.2) is 5.82 Å². The van der Waals surface area contributed by atoms with Gasteiger partial charge in [-0.3, -0.25) is 0 Å². The molecule has 0 saturated heterocycles. The lowest BCUT2D eigenvalue weighted by Gasteiger charge is -2.23. The second-order valence-corrected chi connectivity index (χ2v) is 7.55. The second-order valence-electron chi connectivity index (χ2n) is 6.32. The van der Waals surface area contributed by atoms with E-state index in [0.29, 0.717) is 6.04 Å². The average molecular weight is 323 g/mol. The van der Waals surface area contributed by atoms with Crippen LogP contribution in [0.25, 0.3) is 21.6 Å². The molecule has 0 radical (unpaired) electrons. The molecule has 0 bridgehead atoms. The fourth-order valence-electron chi connectivity index (χ4n) is 3.31. The fourth-order valence-corrected chi connectivity index (χ4v) is 4.19. The van der Waals surface area contributed by atoms with Crippen molar-refractivity contribution in [3.05, 3.63) is 41.3 Å². The van der Waals surface area contributed by atoms with Crippen LogP contribution in [-0.4, -0.2) is 16.0 Å². The molecular weight excluding hydrogens is 302 g/mol. The number of anilines is 1. The first-order valence-corrected chi connectivity index (χ1v) is 9.21. The summed E-state index contributed by atoms with van der Waals surface area (Å²) in [6.45, 7) is 2.14. The Balaban J connectivity index is 1.77. The molecule has 1 aliphatic carbocycles. The van der Waals surface area contributed by atoms with Crippen LogP contribution in [0.1, 0.15) is 37.0 Å². The highest BCUT2D eigenvalue weighted by atomic mass is 32.1. The van der Waals surface area contributed by atoms with Gasteiger partial charge in [0.25, 0.3) is 0 Å². The van der Waals surface area contributed by atoms with Crippen LogP contribution in [0.5, 0.6) is 0 Å². The van der Waals surface area contributed by atoms with E-state index in [1.54, 1.807) is 11.3 Å². The maximum Gasteiger partial charge on any atom is 0.163 e. The number of hydrogen-bond donors (Lipinski definition) is 1. The minimum absolute atomic E-state index is 0.547. The molecule has 0 aliphatic heterocycles. The summed E-state index contributed by atoms with van der Waals surface area (Å²) in [5.74, 6) is 1.82. The van der Waals surface area contributed by atoms with Gasteiger partial charge in [-0.05, 0) is 25.8 Å². The average Bonchev–Trinajstić information content (AvgIpc) is 2.97. The van der Waals surface area contributed by atoms with Crippen molar-refractivity contribution in [2.45, 2.75) is 45.1 Å². The van der Waals surface area contributed by atoms with Crippen LogP contribution in [0.4, 0.5) is 5.82 Å². The Bertz CT molecular complexity index is 804. The SMILES string of the molecule is Cc1cc2c(NC3CCCCC3)nc(-c3ccccc3)nc2s1. The van der Waals surface area contributed by atoms with E-state index < -0.39 is 0 Å². The van der Waals surface area contributed by atoms with E-state index >= 15 is 0 Å². The number of aryl methyl sites for hydroxylation is 1. The van der Waals surface area contributed by atoms with Crippen LogP contribution < -0.4 is 5.32 Å². The number of rotatable bonds is 3. The number of nitrogens with zero attached hydrogens (tertiary/aromatic N) is 2. The molecule has 118 valence electrons. The predicted molar refractivity (Wildman–Crippen MR) is 98.1 cm³/mol. The quantitative estimate of drug-likeness (QED) is 0.700. The van der Waals surface area contributed by atoms with Gasteiger partial charge >= 0.3 is 0 Å². The predicted octanol–water partition coefficient (Wildman–Crippen LogP) is 5.41.